The van der Waals surface area contributed by atoms with Crippen LogP contribution >= 0.6 is 0 Å². The number of anilines is 2. The van der Waals surface area contributed by atoms with E-state index in [4.69, 9.17) is 15.2 Å². The Labute approximate surface area is 114 Å². The average Bonchev–Trinajstić information content (AvgIpc) is 2.47. The fraction of sp³-hybridized carbons (Fsp3) is 0.600. The molecule has 1 fully saturated rings. The van der Waals surface area contributed by atoms with Crippen LogP contribution in [0.15, 0.2) is 12.1 Å². The van der Waals surface area contributed by atoms with E-state index in [0.29, 0.717) is 19.3 Å². The summed E-state index contributed by atoms with van der Waals surface area (Å²) >= 11 is 0. The first-order chi connectivity index (χ1) is 9.25. The van der Waals surface area contributed by atoms with Crippen LogP contribution in [0.25, 0.3) is 0 Å². The molecule has 1 aromatic rings. The van der Waals surface area contributed by atoms with Gasteiger partial charge in [-0.1, -0.05) is 19.3 Å². The second-order valence-corrected chi connectivity index (χ2v) is 5.46. The number of rotatable bonds is 2. The first-order valence-corrected chi connectivity index (χ1v) is 7.17. The predicted molar refractivity (Wildman–Crippen MR) is 77.1 cm³/mol. The zero-order valence-electron chi connectivity index (χ0n) is 11.5. The normalized spacial score (nSPS) is 19.2. The third-order valence-corrected chi connectivity index (χ3v) is 4.19. The third-order valence-electron chi connectivity index (χ3n) is 4.19. The summed E-state index contributed by atoms with van der Waals surface area (Å²) in [4.78, 5) is 2.31. The Hall–Kier alpha value is -1.58. The van der Waals surface area contributed by atoms with E-state index in [-0.39, 0.29) is 0 Å². The van der Waals surface area contributed by atoms with Gasteiger partial charge in [-0.3, -0.25) is 0 Å². The van der Waals surface area contributed by atoms with Gasteiger partial charge in [-0.15, -0.1) is 0 Å². The highest BCUT2D eigenvalue weighted by Crippen LogP contribution is 2.39. The molecule has 0 aromatic heterocycles. The topological polar surface area (TPSA) is 47.7 Å². The lowest BCUT2D eigenvalue weighted by molar-refractivity contribution is 0.172. The summed E-state index contributed by atoms with van der Waals surface area (Å²) < 4.78 is 11.2. The molecule has 1 heterocycles. The highest BCUT2D eigenvalue weighted by molar-refractivity contribution is 5.73. The molecule has 1 aliphatic carbocycles. The molecule has 2 N–H and O–H groups in total. The van der Waals surface area contributed by atoms with Crippen LogP contribution in [-0.4, -0.2) is 26.3 Å². The van der Waals surface area contributed by atoms with Crippen molar-refractivity contribution in [3.05, 3.63) is 12.1 Å². The molecule has 0 radical (unpaired) electrons. The molecule has 1 aliphatic heterocycles. The standard InChI is InChI=1S/C15H22N2O2/c1-17(11-5-3-2-4-6-11)13-10-15-14(9-12(13)16)18-7-8-19-15/h9-11H,2-8,16H2,1H3. The van der Waals surface area contributed by atoms with Crippen LogP contribution in [0.2, 0.25) is 0 Å². The van der Waals surface area contributed by atoms with Gasteiger partial charge in [0.2, 0.25) is 0 Å². The maximum atomic E-state index is 6.17. The van der Waals surface area contributed by atoms with Crippen molar-refractivity contribution in [1.29, 1.82) is 0 Å². The fourth-order valence-corrected chi connectivity index (χ4v) is 3.06. The van der Waals surface area contributed by atoms with E-state index >= 15 is 0 Å². The van der Waals surface area contributed by atoms with E-state index in [1.165, 1.54) is 32.1 Å². The van der Waals surface area contributed by atoms with Crippen molar-refractivity contribution in [3.63, 3.8) is 0 Å². The Morgan fingerprint density at radius 1 is 1.05 bits per heavy atom. The van der Waals surface area contributed by atoms with Gasteiger partial charge in [0.15, 0.2) is 11.5 Å². The van der Waals surface area contributed by atoms with Crippen LogP contribution in [-0.2, 0) is 0 Å². The SMILES string of the molecule is CN(c1cc2c(cc1N)OCCO2)C1CCCCC1. The molecule has 4 nitrogen and oxygen atoms in total. The quantitative estimate of drug-likeness (QED) is 0.833. The Kier molecular flexibility index (Phi) is 3.40. The van der Waals surface area contributed by atoms with Crippen molar-refractivity contribution in [1.82, 2.24) is 0 Å². The lowest BCUT2D eigenvalue weighted by atomic mass is 9.94. The third kappa shape index (κ3) is 2.44. The molecular weight excluding hydrogens is 240 g/mol. The number of nitrogens with zero attached hydrogens (tertiary/aromatic N) is 1. The van der Waals surface area contributed by atoms with Gasteiger partial charge in [0.1, 0.15) is 13.2 Å². The summed E-state index contributed by atoms with van der Waals surface area (Å²) in [6.07, 6.45) is 6.51. The Balaban J connectivity index is 1.86. The van der Waals surface area contributed by atoms with Crippen LogP contribution in [0, 0.1) is 0 Å². The van der Waals surface area contributed by atoms with E-state index in [0.717, 1.165) is 22.9 Å². The molecule has 104 valence electrons. The lowest BCUT2D eigenvalue weighted by Crippen LogP contribution is -2.34. The largest absolute Gasteiger partial charge is 0.486 e. The minimum Gasteiger partial charge on any atom is -0.486 e. The molecule has 0 amide bonds. The number of hydrogen-bond acceptors (Lipinski definition) is 4. The van der Waals surface area contributed by atoms with Crippen LogP contribution in [0.1, 0.15) is 32.1 Å². The second-order valence-electron chi connectivity index (χ2n) is 5.46. The summed E-state index contributed by atoms with van der Waals surface area (Å²) in [6.45, 7) is 1.22. The van der Waals surface area contributed by atoms with E-state index < -0.39 is 0 Å². The van der Waals surface area contributed by atoms with Gasteiger partial charge in [-0.2, -0.15) is 0 Å². The summed E-state index contributed by atoms with van der Waals surface area (Å²) in [7, 11) is 2.14. The minimum absolute atomic E-state index is 0.596. The zero-order valence-corrected chi connectivity index (χ0v) is 11.5. The summed E-state index contributed by atoms with van der Waals surface area (Å²) in [5, 5.41) is 0. The highest BCUT2D eigenvalue weighted by Gasteiger charge is 2.22. The highest BCUT2D eigenvalue weighted by atomic mass is 16.6. The maximum Gasteiger partial charge on any atom is 0.163 e. The van der Waals surface area contributed by atoms with E-state index in [9.17, 15) is 0 Å². The van der Waals surface area contributed by atoms with Crippen molar-refractivity contribution in [2.24, 2.45) is 0 Å². The molecule has 0 saturated heterocycles. The lowest BCUT2D eigenvalue weighted by Gasteiger charge is -2.34. The minimum atomic E-state index is 0.596. The number of hydrogen-bond donors (Lipinski definition) is 1. The van der Waals surface area contributed by atoms with Gasteiger partial charge in [-0.25, -0.2) is 0 Å². The number of fused-ring (bicyclic) bond motifs is 1. The Bertz CT molecular complexity index is 456. The summed E-state index contributed by atoms with van der Waals surface area (Å²) in [5.74, 6) is 1.59. The number of nitrogen functional groups attached to an aromatic ring is 1. The Morgan fingerprint density at radius 3 is 2.37 bits per heavy atom. The average molecular weight is 262 g/mol. The number of benzene rings is 1. The van der Waals surface area contributed by atoms with Crippen LogP contribution in [0.4, 0.5) is 11.4 Å². The Morgan fingerprint density at radius 2 is 1.68 bits per heavy atom. The molecule has 0 spiro atoms. The molecule has 4 heteroatoms. The van der Waals surface area contributed by atoms with Gasteiger partial charge < -0.3 is 20.1 Å². The molecule has 0 bridgehead atoms. The van der Waals surface area contributed by atoms with Gasteiger partial charge in [-0.05, 0) is 12.8 Å². The van der Waals surface area contributed by atoms with Crippen LogP contribution < -0.4 is 20.1 Å². The first-order valence-electron chi connectivity index (χ1n) is 7.17. The number of nitrogens with two attached hydrogens (primary N) is 1. The predicted octanol–water partition coefficient (Wildman–Crippen LogP) is 2.81. The number of ether oxygens (including phenoxy) is 2. The van der Waals surface area contributed by atoms with Crippen molar-refractivity contribution in [3.8, 4) is 11.5 Å². The second kappa shape index (κ2) is 5.19. The molecule has 2 aliphatic rings. The van der Waals surface area contributed by atoms with Gasteiger partial charge in [0.25, 0.3) is 0 Å². The molecule has 0 unspecified atom stereocenters. The summed E-state index contributed by atoms with van der Waals surface area (Å²) in [6, 6.07) is 4.51. The van der Waals surface area contributed by atoms with Crippen LogP contribution in [0.5, 0.6) is 11.5 Å². The van der Waals surface area contributed by atoms with Crippen molar-refractivity contribution in [2.45, 2.75) is 38.1 Å². The van der Waals surface area contributed by atoms with Crippen LogP contribution in [0.3, 0.4) is 0 Å². The van der Waals surface area contributed by atoms with E-state index in [1.807, 2.05) is 12.1 Å². The monoisotopic (exact) mass is 262 g/mol. The molecule has 3 rings (SSSR count). The molecule has 19 heavy (non-hydrogen) atoms. The zero-order chi connectivity index (χ0) is 13.2. The van der Waals surface area contributed by atoms with Crippen molar-refractivity contribution < 1.29 is 9.47 Å². The summed E-state index contributed by atoms with van der Waals surface area (Å²) in [5.41, 5.74) is 8.02. The van der Waals surface area contributed by atoms with E-state index in [1.54, 1.807) is 0 Å². The molecule has 1 saturated carbocycles. The molecular formula is C15H22N2O2. The van der Waals surface area contributed by atoms with Gasteiger partial charge >= 0.3 is 0 Å². The smallest absolute Gasteiger partial charge is 0.163 e. The van der Waals surface area contributed by atoms with Crippen molar-refractivity contribution >= 4 is 11.4 Å². The molecule has 0 atom stereocenters. The first kappa shape index (κ1) is 12.5. The molecule has 1 aromatic carbocycles. The van der Waals surface area contributed by atoms with Gasteiger partial charge in [0.05, 0.1) is 11.4 Å². The van der Waals surface area contributed by atoms with Crippen molar-refractivity contribution in [2.75, 3.05) is 30.9 Å². The maximum absolute atomic E-state index is 6.17. The van der Waals surface area contributed by atoms with E-state index in [2.05, 4.69) is 11.9 Å². The van der Waals surface area contributed by atoms with Gasteiger partial charge in [0, 0.05) is 25.2 Å². The fourth-order valence-electron chi connectivity index (χ4n) is 3.06.